The molecule has 17 heteroatoms. The van der Waals surface area contributed by atoms with Crippen LogP contribution in [-0.2, 0) is 42.7 Å². The molecule has 0 spiro atoms. The van der Waals surface area contributed by atoms with Crippen LogP contribution in [0.4, 0.5) is 9.59 Å². The predicted molar refractivity (Wildman–Crippen MR) is 158 cm³/mol. The summed E-state index contributed by atoms with van der Waals surface area (Å²) in [6, 6.07) is -0.858. The number of nitrogens with zero attached hydrogens (tertiary/aromatic N) is 3. The highest BCUT2D eigenvalue weighted by molar-refractivity contribution is 5.86. The number of alkyl carbamates (subject to hydrolysis) is 2. The largest absolute Gasteiger partial charge is 0.479 e. The molecule has 0 unspecified atom stereocenters. The van der Waals surface area contributed by atoms with Crippen molar-refractivity contribution in [2.24, 2.45) is 11.0 Å². The summed E-state index contributed by atoms with van der Waals surface area (Å²) in [5, 5.41) is 19.3. The van der Waals surface area contributed by atoms with E-state index in [2.05, 4.69) is 26.6 Å². The smallest absolute Gasteiger partial charge is 0.408 e. The summed E-state index contributed by atoms with van der Waals surface area (Å²) in [5.74, 6) is 0.524. The number of ether oxygens (including phenoxy) is 8. The van der Waals surface area contributed by atoms with E-state index >= 15 is 0 Å². The lowest BCUT2D eigenvalue weighted by Gasteiger charge is -2.40. The van der Waals surface area contributed by atoms with Gasteiger partial charge in [-0.05, 0) is 32.4 Å². The number of methoxy groups -OCH3 is 1. The molecule has 45 heavy (non-hydrogen) atoms. The van der Waals surface area contributed by atoms with Gasteiger partial charge in [0.05, 0.1) is 65.9 Å². The van der Waals surface area contributed by atoms with Crippen molar-refractivity contribution < 1.29 is 57.4 Å². The van der Waals surface area contributed by atoms with Crippen LogP contribution in [0.5, 0.6) is 0 Å². The van der Waals surface area contributed by atoms with E-state index in [-0.39, 0.29) is 32.1 Å². The molecule has 0 aromatic heterocycles. The monoisotopic (exact) mass is 643 g/mol. The van der Waals surface area contributed by atoms with E-state index in [1.165, 1.54) is 6.08 Å². The first-order chi connectivity index (χ1) is 21.4. The molecule has 0 bridgehead atoms. The summed E-state index contributed by atoms with van der Waals surface area (Å²) in [4.78, 5) is 40.2. The lowest BCUT2D eigenvalue weighted by molar-refractivity contribution is -0.148. The fraction of sp³-hybridized carbons (Fsp3) is 0.750. The average molecular weight is 644 g/mol. The number of aliphatic hydroxyl groups is 1. The van der Waals surface area contributed by atoms with Gasteiger partial charge in [0.2, 0.25) is 5.76 Å². The molecule has 2 amide bonds. The third kappa shape index (κ3) is 16.8. The number of carbonyl (C=O) groups is 3. The third-order valence-corrected chi connectivity index (χ3v) is 5.84. The minimum absolute atomic E-state index is 0.0516. The molecular weight excluding hydrogens is 598 g/mol. The van der Waals surface area contributed by atoms with Crippen LogP contribution in [0.2, 0.25) is 0 Å². The topological polar surface area (TPSA) is 218 Å². The van der Waals surface area contributed by atoms with Crippen molar-refractivity contribution in [3.8, 4) is 12.3 Å². The van der Waals surface area contributed by atoms with Crippen molar-refractivity contribution in [3.05, 3.63) is 22.3 Å². The van der Waals surface area contributed by atoms with E-state index in [0.29, 0.717) is 33.0 Å². The number of esters is 1. The van der Waals surface area contributed by atoms with Crippen LogP contribution in [0, 0.1) is 18.3 Å². The van der Waals surface area contributed by atoms with E-state index in [0.717, 1.165) is 7.11 Å². The number of terminal acetylenes is 1. The van der Waals surface area contributed by atoms with Gasteiger partial charge in [0.25, 0.3) is 0 Å². The molecule has 0 aromatic rings. The van der Waals surface area contributed by atoms with Crippen LogP contribution in [0.15, 0.2) is 16.9 Å². The summed E-state index contributed by atoms with van der Waals surface area (Å²) >= 11 is 0. The molecule has 0 fully saturated rings. The Morgan fingerprint density at radius 1 is 1.09 bits per heavy atom. The first-order valence-corrected chi connectivity index (χ1v) is 14.3. The molecule has 254 valence electrons. The summed E-state index contributed by atoms with van der Waals surface area (Å²) in [6.07, 6.45) is 0.530. The molecule has 0 saturated carbocycles. The number of hydrogen-bond donors (Lipinski definition) is 3. The Morgan fingerprint density at radius 2 is 1.69 bits per heavy atom. The summed E-state index contributed by atoms with van der Waals surface area (Å²) in [6.45, 7) is 8.77. The maximum absolute atomic E-state index is 12.7. The number of aliphatic hydroxyl groups excluding tert-OH is 1. The average Bonchev–Trinajstić information content (AvgIpc) is 2.98. The molecular formula is C28H45N5O12. The van der Waals surface area contributed by atoms with Crippen LogP contribution >= 0.6 is 0 Å². The molecule has 0 aromatic carbocycles. The summed E-state index contributed by atoms with van der Waals surface area (Å²) in [5.41, 5.74) is 7.94. The van der Waals surface area contributed by atoms with Gasteiger partial charge in [-0.2, -0.15) is 0 Å². The molecule has 17 nitrogen and oxygen atoms in total. The van der Waals surface area contributed by atoms with Crippen LogP contribution < -0.4 is 10.6 Å². The Morgan fingerprint density at radius 3 is 2.24 bits per heavy atom. The van der Waals surface area contributed by atoms with Crippen molar-refractivity contribution in [3.63, 3.8) is 0 Å². The first kappa shape index (κ1) is 39.2. The lowest BCUT2D eigenvalue weighted by atomic mass is 9.87. The van der Waals surface area contributed by atoms with Gasteiger partial charge in [-0.1, -0.05) is 18.0 Å². The highest BCUT2D eigenvalue weighted by Crippen LogP contribution is 2.30. The molecule has 0 saturated heterocycles. The number of carbonyl (C=O) groups excluding carboxylic acids is 3. The fourth-order valence-electron chi connectivity index (χ4n) is 3.78. The Kier molecular flexibility index (Phi) is 19.0. The molecule has 0 aliphatic carbocycles. The Balaban J connectivity index is 2.70. The van der Waals surface area contributed by atoms with Gasteiger partial charge in [-0.3, -0.25) is 0 Å². The van der Waals surface area contributed by atoms with Crippen molar-refractivity contribution in [2.75, 3.05) is 73.1 Å². The van der Waals surface area contributed by atoms with Crippen LogP contribution in [0.25, 0.3) is 10.4 Å². The molecule has 1 heterocycles. The van der Waals surface area contributed by atoms with E-state index in [4.69, 9.17) is 49.8 Å². The Hall–Kier alpha value is -3.78. The molecule has 1 rings (SSSR count). The third-order valence-electron chi connectivity index (χ3n) is 5.84. The highest BCUT2D eigenvalue weighted by atomic mass is 16.6. The minimum atomic E-state index is -1.54. The zero-order chi connectivity index (χ0) is 33.7. The van der Waals surface area contributed by atoms with Gasteiger partial charge in [-0.25, -0.2) is 14.4 Å². The van der Waals surface area contributed by atoms with E-state index in [1.807, 2.05) is 0 Å². The molecule has 1 aliphatic heterocycles. The molecule has 0 radical (unpaired) electrons. The van der Waals surface area contributed by atoms with Crippen molar-refractivity contribution in [2.45, 2.75) is 57.6 Å². The number of azide groups is 1. The highest BCUT2D eigenvalue weighted by Gasteiger charge is 2.44. The standard InChI is InChI=1S/C28H45N5O12/c1-7-9-39-11-13-41-15-16-42-14-12-40-10-8-30-26(36)44-24(21(34)18-31-33-29)23-19(2)20(17-22(43-23)25(35)38-6)32-27(37)45-28(3,4)5/h1,17,19-21,23-24,34H,8-16,18H2,2-6H3,(H,30,36)(H,32,37)/t19-,20+,21-,23-,24-/m1/s1. The van der Waals surface area contributed by atoms with E-state index in [1.54, 1.807) is 27.7 Å². The second-order valence-corrected chi connectivity index (χ2v) is 10.5. The normalized spacial score (nSPS) is 19.0. The first-order valence-electron chi connectivity index (χ1n) is 14.3. The second-order valence-electron chi connectivity index (χ2n) is 10.5. The van der Waals surface area contributed by atoms with Gasteiger partial charge in [0, 0.05) is 17.4 Å². The quantitative estimate of drug-likeness (QED) is 0.0326. The second kappa shape index (κ2) is 21.8. The van der Waals surface area contributed by atoms with E-state index in [9.17, 15) is 19.5 Å². The van der Waals surface area contributed by atoms with Crippen molar-refractivity contribution in [1.82, 2.24) is 10.6 Å². The van der Waals surface area contributed by atoms with Gasteiger partial charge in [0.15, 0.2) is 6.10 Å². The predicted octanol–water partition coefficient (Wildman–Crippen LogP) is 1.44. The van der Waals surface area contributed by atoms with Crippen LogP contribution in [0.1, 0.15) is 27.7 Å². The zero-order valence-corrected chi connectivity index (χ0v) is 26.4. The number of amides is 2. The lowest BCUT2D eigenvalue weighted by Crippen LogP contribution is -2.55. The van der Waals surface area contributed by atoms with Gasteiger partial charge >= 0.3 is 18.2 Å². The summed E-state index contributed by atoms with van der Waals surface area (Å²) < 4.78 is 42.6. The van der Waals surface area contributed by atoms with E-state index < -0.39 is 60.6 Å². The van der Waals surface area contributed by atoms with Gasteiger partial charge in [0.1, 0.15) is 24.4 Å². The molecule has 3 N–H and O–H groups in total. The number of nitrogens with one attached hydrogen (secondary N) is 2. The maximum atomic E-state index is 12.7. The minimum Gasteiger partial charge on any atom is -0.479 e. The van der Waals surface area contributed by atoms with Crippen LogP contribution in [-0.4, -0.2) is 126 Å². The van der Waals surface area contributed by atoms with Gasteiger partial charge in [-0.15, -0.1) is 6.42 Å². The molecule has 5 atom stereocenters. The summed E-state index contributed by atoms with van der Waals surface area (Å²) in [7, 11) is 1.14. The zero-order valence-electron chi connectivity index (χ0n) is 26.4. The maximum Gasteiger partial charge on any atom is 0.408 e. The molecule has 1 aliphatic rings. The van der Waals surface area contributed by atoms with Crippen molar-refractivity contribution >= 4 is 18.2 Å². The Labute approximate surface area is 262 Å². The Bertz CT molecular complexity index is 1040. The number of rotatable bonds is 20. The van der Waals surface area contributed by atoms with Gasteiger partial charge < -0.3 is 53.6 Å². The number of hydrogen-bond acceptors (Lipinski definition) is 13. The SMILES string of the molecule is C#CCOCCOCCOCCOCCNC(=O)O[C@@H]([C@@H]1OC(C(=O)OC)=C[C@H](NC(=O)OC(C)(C)C)[C@H]1C)[C@H](O)CN=[N+]=[N-]. The van der Waals surface area contributed by atoms with Crippen molar-refractivity contribution in [1.29, 1.82) is 0 Å². The fourth-order valence-corrected chi connectivity index (χ4v) is 3.78. The van der Waals surface area contributed by atoms with Crippen LogP contribution in [0.3, 0.4) is 0 Å².